The Morgan fingerprint density at radius 2 is 2.04 bits per heavy atom. The van der Waals surface area contributed by atoms with E-state index in [4.69, 9.17) is 18.9 Å². The minimum Gasteiger partial charge on any atom is -0.497 e. The number of aliphatic hydroxyl groups is 1. The Labute approximate surface area is 148 Å². The third-order valence-corrected chi connectivity index (χ3v) is 4.53. The van der Waals surface area contributed by atoms with Crippen molar-refractivity contribution in [3.8, 4) is 5.75 Å². The summed E-state index contributed by atoms with van der Waals surface area (Å²) in [5, 5.41) is 10.5. The summed E-state index contributed by atoms with van der Waals surface area (Å²) in [5.74, 6) is 0.788. The van der Waals surface area contributed by atoms with E-state index in [0.717, 1.165) is 17.7 Å². The third kappa shape index (κ3) is 4.92. The maximum Gasteiger partial charge on any atom is 0.184 e. The predicted molar refractivity (Wildman–Crippen MR) is 94.4 cm³/mol. The molecule has 0 aliphatic carbocycles. The van der Waals surface area contributed by atoms with Gasteiger partial charge in [0, 0.05) is 12.0 Å². The fourth-order valence-electron chi connectivity index (χ4n) is 3.00. The van der Waals surface area contributed by atoms with Crippen LogP contribution in [0.4, 0.5) is 0 Å². The van der Waals surface area contributed by atoms with Crippen LogP contribution in [0.1, 0.15) is 31.6 Å². The van der Waals surface area contributed by atoms with E-state index in [1.54, 1.807) is 13.2 Å². The van der Waals surface area contributed by atoms with Gasteiger partial charge >= 0.3 is 0 Å². The minimum absolute atomic E-state index is 0.0249. The Morgan fingerprint density at radius 1 is 1.24 bits per heavy atom. The summed E-state index contributed by atoms with van der Waals surface area (Å²) in [6, 6.07) is 7.58. The summed E-state index contributed by atoms with van der Waals surface area (Å²) in [6.45, 7) is 3.28. The molecule has 0 bridgehead atoms. The third-order valence-electron chi connectivity index (χ3n) is 4.53. The summed E-state index contributed by atoms with van der Waals surface area (Å²) in [4.78, 5) is 0. The van der Waals surface area contributed by atoms with Crippen LogP contribution in [0.25, 0.3) is 0 Å². The molecule has 136 valence electrons. The number of rotatable bonds is 5. The minimum atomic E-state index is -0.681. The molecule has 4 atom stereocenters. The number of hydrogen-bond donors (Lipinski definition) is 1. The van der Waals surface area contributed by atoms with E-state index in [-0.39, 0.29) is 12.2 Å². The molecular formula is C20H26O5. The standard InChI is InChI=1S/C20H26O5/c1-14-9-11-23-17(13-14)7-8-18(21)19-10-12-24-20(25-19)15-3-5-16(22-2)6-4-15/h3-9,17-21H,10-13H2,1-2H3/b8-7+/t17-,18+,19+,20?/m1/s1. The first-order valence-electron chi connectivity index (χ1n) is 8.70. The lowest BCUT2D eigenvalue weighted by atomic mass is 10.0. The molecule has 1 N–H and O–H groups in total. The largest absolute Gasteiger partial charge is 0.497 e. The normalized spacial score (nSPS) is 28.6. The van der Waals surface area contributed by atoms with Gasteiger partial charge in [-0.2, -0.15) is 0 Å². The van der Waals surface area contributed by atoms with Gasteiger partial charge in [-0.05, 0) is 25.5 Å². The quantitative estimate of drug-likeness (QED) is 0.830. The fraction of sp³-hybridized carbons (Fsp3) is 0.500. The second-order valence-corrected chi connectivity index (χ2v) is 6.44. The van der Waals surface area contributed by atoms with Gasteiger partial charge in [-0.3, -0.25) is 0 Å². The van der Waals surface area contributed by atoms with Gasteiger partial charge in [0.05, 0.1) is 38.6 Å². The van der Waals surface area contributed by atoms with Crippen molar-refractivity contribution in [1.82, 2.24) is 0 Å². The summed E-state index contributed by atoms with van der Waals surface area (Å²) in [7, 11) is 1.63. The lowest BCUT2D eigenvalue weighted by Crippen LogP contribution is -2.35. The molecule has 5 nitrogen and oxygen atoms in total. The molecule has 25 heavy (non-hydrogen) atoms. The lowest BCUT2D eigenvalue weighted by Gasteiger charge is -2.32. The highest BCUT2D eigenvalue weighted by Crippen LogP contribution is 2.29. The first-order chi connectivity index (χ1) is 12.2. The van der Waals surface area contributed by atoms with Gasteiger partial charge in [-0.15, -0.1) is 0 Å². The van der Waals surface area contributed by atoms with Gasteiger partial charge in [0.15, 0.2) is 6.29 Å². The van der Waals surface area contributed by atoms with Crippen molar-refractivity contribution in [3.63, 3.8) is 0 Å². The maximum atomic E-state index is 10.5. The van der Waals surface area contributed by atoms with E-state index < -0.39 is 12.4 Å². The van der Waals surface area contributed by atoms with Gasteiger partial charge < -0.3 is 24.1 Å². The van der Waals surface area contributed by atoms with Crippen molar-refractivity contribution in [3.05, 3.63) is 53.6 Å². The van der Waals surface area contributed by atoms with Crippen molar-refractivity contribution in [2.45, 2.75) is 44.4 Å². The van der Waals surface area contributed by atoms with Gasteiger partial charge in [-0.25, -0.2) is 0 Å². The summed E-state index contributed by atoms with van der Waals surface area (Å²) in [5.41, 5.74) is 2.23. The van der Waals surface area contributed by atoms with Gasteiger partial charge in [-0.1, -0.05) is 35.9 Å². The van der Waals surface area contributed by atoms with Crippen molar-refractivity contribution in [2.75, 3.05) is 20.3 Å². The zero-order chi connectivity index (χ0) is 17.6. The van der Waals surface area contributed by atoms with Crippen LogP contribution in [-0.4, -0.2) is 43.7 Å². The zero-order valence-electron chi connectivity index (χ0n) is 14.8. The van der Waals surface area contributed by atoms with Gasteiger partial charge in [0.25, 0.3) is 0 Å². The van der Waals surface area contributed by atoms with Crippen LogP contribution < -0.4 is 4.74 Å². The Kier molecular flexibility index (Phi) is 6.26. The van der Waals surface area contributed by atoms with E-state index in [2.05, 4.69) is 13.0 Å². The molecule has 3 rings (SSSR count). The molecule has 0 radical (unpaired) electrons. The lowest BCUT2D eigenvalue weighted by molar-refractivity contribution is -0.232. The average Bonchev–Trinajstić information content (AvgIpc) is 2.66. The molecule has 1 fully saturated rings. The molecular weight excluding hydrogens is 320 g/mol. The molecule has 2 heterocycles. The second-order valence-electron chi connectivity index (χ2n) is 6.44. The van der Waals surface area contributed by atoms with Crippen LogP contribution in [0.15, 0.2) is 48.1 Å². The molecule has 1 saturated heterocycles. The molecule has 0 spiro atoms. The van der Waals surface area contributed by atoms with E-state index >= 15 is 0 Å². The number of hydrogen-bond acceptors (Lipinski definition) is 5. The topological polar surface area (TPSA) is 57.2 Å². The zero-order valence-corrected chi connectivity index (χ0v) is 14.8. The van der Waals surface area contributed by atoms with Gasteiger partial charge in [0.1, 0.15) is 5.75 Å². The second kappa shape index (κ2) is 8.63. The first-order valence-corrected chi connectivity index (χ1v) is 8.70. The highest BCUT2D eigenvalue weighted by molar-refractivity contribution is 5.28. The fourth-order valence-corrected chi connectivity index (χ4v) is 3.00. The number of ether oxygens (including phenoxy) is 4. The van der Waals surface area contributed by atoms with E-state index in [1.807, 2.05) is 30.3 Å². The van der Waals surface area contributed by atoms with E-state index in [0.29, 0.717) is 19.6 Å². The van der Waals surface area contributed by atoms with Crippen LogP contribution in [0, 0.1) is 0 Å². The molecule has 2 aliphatic rings. The average molecular weight is 346 g/mol. The molecule has 0 aromatic heterocycles. The summed E-state index contributed by atoms with van der Waals surface area (Å²) >= 11 is 0. The van der Waals surface area contributed by atoms with Crippen LogP contribution in [-0.2, 0) is 14.2 Å². The molecule has 2 aliphatic heterocycles. The maximum absolute atomic E-state index is 10.5. The Hall–Kier alpha value is -1.66. The molecule has 0 saturated carbocycles. The van der Waals surface area contributed by atoms with Gasteiger partial charge in [0.2, 0.25) is 0 Å². The molecule has 1 unspecified atom stereocenters. The highest BCUT2D eigenvalue weighted by Gasteiger charge is 2.28. The van der Waals surface area contributed by atoms with Crippen molar-refractivity contribution < 1.29 is 24.1 Å². The Bertz CT molecular complexity index is 607. The molecule has 5 heteroatoms. The van der Waals surface area contributed by atoms with E-state index in [9.17, 15) is 5.11 Å². The van der Waals surface area contributed by atoms with E-state index in [1.165, 1.54) is 5.57 Å². The SMILES string of the molecule is COc1ccc(C2OCC[C@@H]([C@@H](O)/C=C/[C@@H]3CC(C)=CCO3)O2)cc1. The predicted octanol–water partition coefficient (Wildman–Crippen LogP) is 3.15. The number of aliphatic hydroxyl groups excluding tert-OH is 1. The molecule has 1 aromatic carbocycles. The Balaban J connectivity index is 1.57. The van der Waals surface area contributed by atoms with Crippen molar-refractivity contribution in [2.24, 2.45) is 0 Å². The smallest absolute Gasteiger partial charge is 0.184 e. The van der Waals surface area contributed by atoms with Crippen molar-refractivity contribution in [1.29, 1.82) is 0 Å². The number of benzene rings is 1. The van der Waals surface area contributed by atoms with Crippen LogP contribution in [0.2, 0.25) is 0 Å². The van der Waals surface area contributed by atoms with Crippen LogP contribution in [0.3, 0.4) is 0 Å². The first kappa shape index (κ1) is 18.1. The molecule has 1 aromatic rings. The monoisotopic (exact) mass is 346 g/mol. The van der Waals surface area contributed by atoms with Crippen LogP contribution >= 0.6 is 0 Å². The molecule has 0 amide bonds. The van der Waals surface area contributed by atoms with Crippen molar-refractivity contribution >= 4 is 0 Å². The Morgan fingerprint density at radius 3 is 2.76 bits per heavy atom. The van der Waals surface area contributed by atoms with Crippen LogP contribution in [0.5, 0.6) is 5.75 Å². The summed E-state index contributed by atoms with van der Waals surface area (Å²) in [6.07, 6.45) is 5.90. The summed E-state index contributed by atoms with van der Waals surface area (Å²) < 4.78 is 22.5. The number of methoxy groups -OCH3 is 1. The highest BCUT2D eigenvalue weighted by atomic mass is 16.7.